The average Bonchev–Trinajstić information content (AvgIpc) is 2.61. The molecule has 0 fully saturated rings. The summed E-state index contributed by atoms with van der Waals surface area (Å²) in [6, 6.07) is 11.8. The van der Waals surface area contributed by atoms with Gasteiger partial charge in [0.15, 0.2) is 0 Å². The molecule has 0 atom stereocenters. The highest BCUT2D eigenvalue weighted by molar-refractivity contribution is 6.09. The minimum atomic E-state index is -1.41. The van der Waals surface area contributed by atoms with E-state index >= 15 is 0 Å². The number of carbonyl (C=O) groups excluding carboxylic acids is 1. The number of rotatable bonds is 3. The highest BCUT2D eigenvalue weighted by Crippen LogP contribution is 2.23. The lowest BCUT2D eigenvalue weighted by Crippen LogP contribution is -2.15. The van der Waals surface area contributed by atoms with Gasteiger partial charge in [0.1, 0.15) is 17.7 Å². The highest BCUT2D eigenvalue weighted by atomic mass is 19.1. The predicted molar refractivity (Wildman–Crippen MR) is 89.9 cm³/mol. The largest absolute Gasteiger partial charge is 0.478 e. The smallest absolute Gasteiger partial charge is 0.337 e. The summed E-state index contributed by atoms with van der Waals surface area (Å²) < 4.78 is 27.0. The average molecular weight is 352 g/mol. The molecule has 0 aliphatic rings. The Morgan fingerprint density at radius 3 is 2.38 bits per heavy atom. The van der Waals surface area contributed by atoms with Gasteiger partial charge >= 0.3 is 5.97 Å². The van der Waals surface area contributed by atoms with Gasteiger partial charge in [-0.15, -0.1) is 0 Å². The van der Waals surface area contributed by atoms with Gasteiger partial charge in [0, 0.05) is 5.56 Å². The van der Waals surface area contributed by atoms with Crippen LogP contribution in [0.25, 0.3) is 10.8 Å². The Hall–Kier alpha value is -3.79. The predicted octanol–water partition coefficient (Wildman–Crippen LogP) is 3.94. The Morgan fingerprint density at radius 1 is 1.00 bits per heavy atom. The zero-order valence-electron chi connectivity index (χ0n) is 13.1. The van der Waals surface area contributed by atoms with E-state index in [1.165, 1.54) is 30.3 Å². The van der Waals surface area contributed by atoms with E-state index in [0.29, 0.717) is 10.8 Å². The van der Waals surface area contributed by atoms with Crippen LogP contribution in [0.1, 0.15) is 26.3 Å². The zero-order chi connectivity index (χ0) is 18.8. The number of carbonyl (C=O) groups is 2. The number of hydrogen-bond donors (Lipinski definition) is 2. The molecule has 1 amide bonds. The second-order valence-corrected chi connectivity index (χ2v) is 5.45. The van der Waals surface area contributed by atoms with Crippen LogP contribution in [0.2, 0.25) is 0 Å². The number of hydrogen-bond acceptors (Lipinski definition) is 3. The first-order chi connectivity index (χ1) is 12.4. The number of benzene rings is 3. The molecule has 7 heteroatoms. The first-order valence-corrected chi connectivity index (χ1v) is 7.36. The van der Waals surface area contributed by atoms with Crippen molar-refractivity contribution in [2.75, 3.05) is 5.32 Å². The quantitative estimate of drug-likeness (QED) is 0.747. The van der Waals surface area contributed by atoms with Crippen LogP contribution < -0.4 is 5.32 Å². The van der Waals surface area contributed by atoms with Crippen LogP contribution >= 0.6 is 0 Å². The second kappa shape index (κ2) is 6.61. The molecule has 0 aliphatic heterocycles. The van der Waals surface area contributed by atoms with Gasteiger partial charge in [0.2, 0.25) is 0 Å². The van der Waals surface area contributed by atoms with E-state index in [0.717, 1.165) is 12.1 Å². The molecule has 2 N–H and O–H groups in total. The summed E-state index contributed by atoms with van der Waals surface area (Å²) in [6.07, 6.45) is 0. The van der Waals surface area contributed by atoms with Gasteiger partial charge in [-0.2, -0.15) is 5.26 Å². The van der Waals surface area contributed by atoms with E-state index in [4.69, 9.17) is 5.26 Å². The molecule has 128 valence electrons. The molecular weight excluding hydrogens is 342 g/mol. The van der Waals surface area contributed by atoms with Gasteiger partial charge in [-0.3, -0.25) is 4.79 Å². The maximum Gasteiger partial charge on any atom is 0.337 e. The van der Waals surface area contributed by atoms with Crippen LogP contribution in [0.4, 0.5) is 14.5 Å². The molecule has 0 spiro atoms. The number of carboxylic acids is 1. The monoisotopic (exact) mass is 352 g/mol. The zero-order valence-corrected chi connectivity index (χ0v) is 13.1. The van der Waals surface area contributed by atoms with E-state index in [-0.39, 0.29) is 11.3 Å². The van der Waals surface area contributed by atoms with Crippen LogP contribution in [0.5, 0.6) is 0 Å². The Balaban J connectivity index is 1.97. The first-order valence-electron chi connectivity index (χ1n) is 7.36. The fourth-order valence-corrected chi connectivity index (χ4v) is 2.49. The second-order valence-electron chi connectivity index (χ2n) is 5.45. The van der Waals surface area contributed by atoms with Crippen molar-refractivity contribution in [3.63, 3.8) is 0 Å². The van der Waals surface area contributed by atoms with E-state index in [1.54, 1.807) is 12.1 Å². The highest BCUT2D eigenvalue weighted by Gasteiger charge is 2.18. The number of aromatic carboxylic acids is 1. The summed E-state index contributed by atoms with van der Waals surface area (Å²) in [4.78, 5) is 23.7. The summed E-state index contributed by atoms with van der Waals surface area (Å²) in [7, 11) is 0. The third-order valence-electron chi connectivity index (χ3n) is 3.77. The molecule has 0 radical (unpaired) electrons. The summed E-state index contributed by atoms with van der Waals surface area (Å²) in [6.45, 7) is 0. The number of carboxylic acid groups (broad SMARTS) is 1. The summed E-state index contributed by atoms with van der Waals surface area (Å²) >= 11 is 0. The minimum absolute atomic E-state index is 0.185. The van der Waals surface area contributed by atoms with Crippen molar-refractivity contribution in [3.8, 4) is 6.07 Å². The summed E-state index contributed by atoms with van der Waals surface area (Å²) in [5.74, 6) is -3.43. The maximum absolute atomic E-state index is 13.8. The van der Waals surface area contributed by atoms with Crippen molar-refractivity contribution in [1.29, 1.82) is 5.26 Å². The maximum atomic E-state index is 13.8. The first kappa shape index (κ1) is 17.0. The molecule has 0 saturated carbocycles. The molecule has 0 saturated heterocycles. The third kappa shape index (κ3) is 3.21. The number of halogens is 2. The van der Waals surface area contributed by atoms with Gasteiger partial charge in [0.05, 0.1) is 16.8 Å². The summed E-state index contributed by atoms with van der Waals surface area (Å²) in [5, 5.41) is 21.5. The van der Waals surface area contributed by atoms with Crippen LogP contribution in [-0.4, -0.2) is 17.0 Å². The van der Waals surface area contributed by atoms with Gasteiger partial charge in [0.25, 0.3) is 5.91 Å². The van der Waals surface area contributed by atoms with Crippen molar-refractivity contribution < 1.29 is 23.5 Å². The lowest BCUT2D eigenvalue weighted by molar-refractivity contribution is 0.0698. The molecule has 0 bridgehead atoms. The molecule has 5 nitrogen and oxygen atoms in total. The number of anilines is 1. The lowest BCUT2D eigenvalue weighted by Gasteiger charge is -2.10. The summed E-state index contributed by atoms with van der Waals surface area (Å²) in [5.41, 5.74) is -0.921. The van der Waals surface area contributed by atoms with Gasteiger partial charge in [-0.05, 0) is 47.2 Å². The fourth-order valence-electron chi connectivity index (χ4n) is 2.49. The van der Waals surface area contributed by atoms with Crippen molar-refractivity contribution in [2.45, 2.75) is 0 Å². The Labute approximate surface area is 146 Å². The Kier molecular flexibility index (Phi) is 4.33. The lowest BCUT2D eigenvalue weighted by atomic mass is 10.1. The molecule has 0 aliphatic carbocycles. The number of fused-ring (bicyclic) bond motifs is 1. The topological polar surface area (TPSA) is 90.2 Å². The molecule has 0 unspecified atom stereocenters. The van der Waals surface area contributed by atoms with Crippen molar-refractivity contribution in [2.24, 2.45) is 0 Å². The fraction of sp³-hybridized carbons (Fsp3) is 0. The SMILES string of the molecule is N#Cc1cc(C(=O)O)c(NC(=O)c2ccc3cc(F)ccc3c2)cc1F. The molecular formula is C19H10F2N2O3. The van der Waals surface area contributed by atoms with Crippen LogP contribution in [0.3, 0.4) is 0 Å². The Bertz CT molecular complexity index is 1100. The van der Waals surface area contributed by atoms with Crippen LogP contribution in [0.15, 0.2) is 48.5 Å². The van der Waals surface area contributed by atoms with Crippen molar-refractivity contribution >= 4 is 28.3 Å². The van der Waals surface area contributed by atoms with E-state index in [2.05, 4.69) is 5.32 Å². The van der Waals surface area contributed by atoms with Crippen molar-refractivity contribution in [1.82, 2.24) is 0 Å². The Morgan fingerprint density at radius 2 is 1.69 bits per heavy atom. The van der Waals surface area contributed by atoms with Gasteiger partial charge in [-0.1, -0.05) is 12.1 Å². The standard InChI is InChI=1S/C19H10F2N2O3/c20-14-4-3-10-5-12(2-1-11(10)6-14)18(24)23-17-8-16(21)13(9-22)7-15(17)19(25)26/h1-8H,(H,23,24)(H,25,26). The minimum Gasteiger partial charge on any atom is -0.478 e. The number of nitrogens with one attached hydrogen (secondary N) is 1. The van der Waals surface area contributed by atoms with Crippen LogP contribution in [-0.2, 0) is 0 Å². The third-order valence-corrected chi connectivity index (χ3v) is 3.77. The van der Waals surface area contributed by atoms with E-state index < -0.39 is 34.6 Å². The van der Waals surface area contributed by atoms with E-state index in [9.17, 15) is 23.5 Å². The molecule has 3 aromatic rings. The van der Waals surface area contributed by atoms with Crippen molar-refractivity contribution in [3.05, 3.63) is 76.9 Å². The molecule has 0 aromatic heterocycles. The molecule has 3 aromatic carbocycles. The molecule has 26 heavy (non-hydrogen) atoms. The van der Waals surface area contributed by atoms with Gasteiger partial charge < -0.3 is 10.4 Å². The normalized spacial score (nSPS) is 10.3. The van der Waals surface area contributed by atoms with Crippen LogP contribution in [0, 0.1) is 23.0 Å². The number of amides is 1. The van der Waals surface area contributed by atoms with E-state index in [1.807, 2.05) is 0 Å². The number of nitrogens with zero attached hydrogens (tertiary/aromatic N) is 1. The molecule has 3 rings (SSSR count). The number of nitriles is 1. The van der Waals surface area contributed by atoms with Gasteiger partial charge in [-0.25, -0.2) is 13.6 Å². The molecule has 0 heterocycles.